The summed E-state index contributed by atoms with van der Waals surface area (Å²) in [7, 11) is -3.77. The first-order chi connectivity index (χ1) is 14.2. The molecule has 0 heterocycles. The number of carbonyl (C=O) groups excluding carboxylic acids is 2. The van der Waals surface area contributed by atoms with E-state index in [2.05, 4.69) is 16.6 Å². The monoisotopic (exact) mass is 430 g/mol. The summed E-state index contributed by atoms with van der Waals surface area (Å²) >= 11 is 0. The Morgan fingerprint density at radius 3 is 2.43 bits per heavy atom. The van der Waals surface area contributed by atoms with Gasteiger partial charge in [0.2, 0.25) is 10.0 Å². The normalized spacial score (nSPS) is 12.2. The van der Waals surface area contributed by atoms with Crippen LogP contribution in [0.5, 0.6) is 0 Å². The van der Waals surface area contributed by atoms with Crippen LogP contribution in [0.3, 0.4) is 0 Å². The molecule has 30 heavy (non-hydrogen) atoms. The summed E-state index contributed by atoms with van der Waals surface area (Å²) in [6.45, 7) is 7.05. The number of hydrogen-bond acceptors (Lipinski definition) is 5. The third-order valence-electron chi connectivity index (χ3n) is 4.07. The van der Waals surface area contributed by atoms with E-state index in [9.17, 15) is 18.0 Å². The summed E-state index contributed by atoms with van der Waals surface area (Å²) in [4.78, 5) is 25.0. The number of esters is 1. The summed E-state index contributed by atoms with van der Waals surface area (Å²) in [5.74, 6) is -0.939. The molecule has 7 nitrogen and oxygen atoms in total. The van der Waals surface area contributed by atoms with Crippen LogP contribution in [0.1, 0.15) is 42.2 Å². The summed E-state index contributed by atoms with van der Waals surface area (Å²) in [5, 5.41) is 2.80. The second-order valence-corrected chi connectivity index (χ2v) is 8.61. The van der Waals surface area contributed by atoms with E-state index in [0.717, 1.165) is 5.56 Å². The summed E-state index contributed by atoms with van der Waals surface area (Å²) in [5.41, 5.74) is 0.901. The molecule has 0 radical (unpaired) electrons. The van der Waals surface area contributed by atoms with Gasteiger partial charge in [0.1, 0.15) is 0 Å². The molecule has 2 aromatic carbocycles. The number of benzene rings is 2. The average Bonchev–Trinajstić information content (AvgIpc) is 2.72. The Bertz CT molecular complexity index is 988. The van der Waals surface area contributed by atoms with Crippen LogP contribution < -0.4 is 10.0 Å². The Morgan fingerprint density at radius 2 is 1.80 bits per heavy atom. The van der Waals surface area contributed by atoms with Crippen LogP contribution in [0.15, 0.2) is 72.1 Å². The van der Waals surface area contributed by atoms with E-state index in [4.69, 9.17) is 4.74 Å². The van der Waals surface area contributed by atoms with E-state index in [1.807, 2.05) is 6.07 Å². The van der Waals surface area contributed by atoms with Gasteiger partial charge in [-0.2, -0.15) is 0 Å². The second-order valence-electron chi connectivity index (χ2n) is 6.85. The molecule has 0 saturated carbocycles. The fourth-order valence-electron chi connectivity index (χ4n) is 2.71. The quantitative estimate of drug-likeness (QED) is 0.446. The summed E-state index contributed by atoms with van der Waals surface area (Å²) in [6.07, 6.45) is 1.11. The van der Waals surface area contributed by atoms with Gasteiger partial charge in [-0.15, -0.1) is 6.58 Å². The van der Waals surface area contributed by atoms with Crippen molar-refractivity contribution in [3.05, 3.63) is 78.4 Å². The lowest BCUT2D eigenvalue weighted by Gasteiger charge is -2.19. The molecule has 2 aromatic rings. The zero-order valence-electron chi connectivity index (χ0n) is 17.0. The molecule has 2 rings (SSSR count). The van der Waals surface area contributed by atoms with Crippen molar-refractivity contribution >= 4 is 21.9 Å². The fourth-order valence-corrected chi connectivity index (χ4v) is 3.76. The minimum atomic E-state index is -3.77. The molecule has 8 heteroatoms. The van der Waals surface area contributed by atoms with E-state index >= 15 is 0 Å². The molecule has 0 aliphatic heterocycles. The third-order valence-corrected chi connectivity index (χ3v) is 5.49. The zero-order valence-corrected chi connectivity index (χ0v) is 17.8. The minimum Gasteiger partial charge on any atom is -0.463 e. The van der Waals surface area contributed by atoms with Crippen LogP contribution in [0.25, 0.3) is 0 Å². The van der Waals surface area contributed by atoms with Gasteiger partial charge in [0.05, 0.1) is 23.5 Å². The van der Waals surface area contributed by atoms with E-state index in [1.54, 1.807) is 38.1 Å². The fraction of sp³-hybridized carbons (Fsp3) is 0.273. The number of sulfonamides is 1. The van der Waals surface area contributed by atoms with Crippen LogP contribution in [-0.4, -0.2) is 32.9 Å². The predicted molar refractivity (Wildman–Crippen MR) is 114 cm³/mol. The molecule has 1 atom stereocenters. The Labute approximate surface area is 177 Å². The van der Waals surface area contributed by atoms with Crippen molar-refractivity contribution < 1.29 is 22.7 Å². The molecular weight excluding hydrogens is 404 g/mol. The average molecular weight is 431 g/mol. The SMILES string of the molecule is C=CCNS(=O)(=O)c1cccc(C(=O)NC(CC(=O)OC(C)C)c2ccccc2)c1. The van der Waals surface area contributed by atoms with Gasteiger partial charge in [0.25, 0.3) is 5.91 Å². The van der Waals surface area contributed by atoms with Crippen LogP contribution in [0.4, 0.5) is 0 Å². The first-order valence-corrected chi connectivity index (χ1v) is 11.0. The van der Waals surface area contributed by atoms with E-state index in [-0.39, 0.29) is 29.5 Å². The number of nitrogens with one attached hydrogen (secondary N) is 2. The van der Waals surface area contributed by atoms with Crippen molar-refractivity contribution in [1.29, 1.82) is 0 Å². The number of amides is 1. The van der Waals surface area contributed by atoms with Gasteiger partial charge in [-0.05, 0) is 37.6 Å². The highest BCUT2D eigenvalue weighted by atomic mass is 32.2. The predicted octanol–water partition coefficient (Wildman–Crippen LogP) is 2.96. The maximum atomic E-state index is 12.8. The molecule has 0 aliphatic carbocycles. The first kappa shape index (κ1) is 23.3. The Morgan fingerprint density at radius 1 is 1.10 bits per heavy atom. The lowest BCUT2D eigenvalue weighted by molar-refractivity contribution is -0.147. The summed E-state index contributed by atoms with van der Waals surface area (Å²) in [6, 6.07) is 14.1. The Kier molecular flexibility index (Phi) is 8.32. The third kappa shape index (κ3) is 6.82. The molecule has 0 spiro atoms. The first-order valence-electron chi connectivity index (χ1n) is 9.49. The zero-order chi connectivity index (χ0) is 22.1. The molecule has 2 N–H and O–H groups in total. The highest BCUT2D eigenvalue weighted by Crippen LogP contribution is 2.19. The van der Waals surface area contributed by atoms with Crippen molar-refractivity contribution in [2.24, 2.45) is 0 Å². The van der Waals surface area contributed by atoms with Gasteiger partial charge < -0.3 is 10.1 Å². The smallest absolute Gasteiger partial charge is 0.308 e. The Balaban J connectivity index is 2.24. The molecule has 1 unspecified atom stereocenters. The molecule has 0 aliphatic rings. The largest absolute Gasteiger partial charge is 0.463 e. The molecule has 0 bridgehead atoms. The van der Waals surface area contributed by atoms with Crippen molar-refractivity contribution in [3.63, 3.8) is 0 Å². The second kappa shape index (κ2) is 10.7. The van der Waals surface area contributed by atoms with Crippen molar-refractivity contribution in [2.45, 2.75) is 37.3 Å². The van der Waals surface area contributed by atoms with E-state index in [1.165, 1.54) is 30.3 Å². The van der Waals surface area contributed by atoms with Crippen molar-refractivity contribution in [1.82, 2.24) is 10.0 Å². The number of carbonyl (C=O) groups is 2. The van der Waals surface area contributed by atoms with E-state index in [0.29, 0.717) is 0 Å². The number of rotatable bonds is 10. The molecule has 1 amide bonds. The van der Waals surface area contributed by atoms with Crippen LogP contribution >= 0.6 is 0 Å². The van der Waals surface area contributed by atoms with Crippen LogP contribution in [0, 0.1) is 0 Å². The highest BCUT2D eigenvalue weighted by molar-refractivity contribution is 7.89. The van der Waals surface area contributed by atoms with Crippen molar-refractivity contribution in [3.8, 4) is 0 Å². The van der Waals surface area contributed by atoms with Crippen LogP contribution in [-0.2, 0) is 19.6 Å². The van der Waals surface area contributed by atoms with E-state index < -0.39 is 27.9 Å². The van der Waals surface area contributed by atoms with Gasteiger partial charge in [-0.25, -0.2) is 13.1 Å². The lowest BCUT2D eigenvalue weighted by atomic mass is 10.0. The number of hydrogen-bond donors (Lipinski definition) is 2. The minimum absolute atomic E-state index is 0.0347. The van der Waals surface area contributed by atoms with Gasteiger partial charge in [-0.3, -0.25) is 9.59 Å². The highest BCUT2D eigenvalue weighted by Gasteiger charge is 2.22. The van der Waals surface area contributed by atoms with Gasteiger partial charge in [0.15, 0.2) is 0 Å². The molecular formula is C22H26N2O5S. The molecule has 0 fully saturated rings. The van der Waals surface area contributed by atoms with Crippen molar-refractivity contribution in [2.75, 3.05) is 6.54 Å². The van der Waals surface area contributed by atoms with Gasteiger partial charge >= 0.3 is 5.97 Å². The molecule has 0 aromatic heterocycles. The summed E-state index contributed by atoms with van der Waals surface area (Å²) < 4.78 is 32.2. The van der Waals surface area contributed by atoms with Crippen LogP contribution in [0.2, 0.25) is 0 Å². The standard InChI is InChI=1S/C22H26N2O5S/c1-4-13-23-30(27,28)19-12-8-11-18(14-19)22(26)24-20(15-21(25)29-16(2)3)17-9-6-5-7-10-17/h4-12,14,16,20,23H,1,13,15H2,2-3H3,(H,24,26). The van der Waals surface area contributed by atoms with Gasteiger partial charge in [0, 0.05) is 12.1 Å². The Hall–Kier alpha value is -2.97. The maximum Gasteiger partial charge on any atom is 0.308 e. The topological polar surface area (TPSA) is 102 Å². The maximum absolute atomic E-state index is 12.8. The number of ether oxygens (including phenoxy) is 1. The molecule has 0 saturated heterocycles. The lowest BCUT2D eigenvalue weighted by Crippen LogP contribution is -2.31. The van der Waals surface area contributed by atoms with Gasteiger partial charge in [-0.1, -0.05) is 42.5 Å². The molecule has 160 valence electrons.